The molecule has 0 bridgehead atoms. The van der Waals surface area contributed by atoms with Gasteiger partial charge in [-0.05, 0) is 23.6 Å². The number of carbonyl (C=O) groups is 1. The first kappa shape index (κ1) is 17.2. The van der Waals surface area contributed by atoms with Crippen LogP contribution < -0.4 is 16.4 Å². The van der Waals surface area contributed by atoms with Crippen molar-refractivity contribution < 1.29 is 4.79 Å². The highest BCUT2D eigenvalue weighted by molar-refractivity contribution is 7.17. The van der Waals surface area contributed by atoms with E-state index < -0.39 is 6.03 Å². The minimum absolute atomic E-state index is 0.380. The average Bonchev–Trinajstić information content (AvgIpc) is 3.05. The maximum absolute atomic E-state index is 11.8. The number of anilines is 2. The Morgan fingerprint density at radius 1 is 1.28 bits per heavy atom. The van der Waals surface area contributed by atoms with Crippen molar-refractivity contribution in [3.8, 4) is 11.1 Å². The zero-order valence-corrected chi connectivity index (χ0v) is 15.1. The predicted molar refractivity (Wildman–Crippen MR) is 104 cm³/mol. The van der Waals surface area contributed by atoms with Gasteiger partial charge in [-0.2, -0.15) is 0 Å². The highest BCUT2D eigenvalue weighted by atomic mass is 32.1. The molecule has 0 aliphatic carbocycles. The maximum atomic E-state index is 11.8. The molecule has 2 aromatic heterocycles. The molecule has 25 heavy (non-hydrogen) atoms. The Hall–Kier alpha value is -2.67. The van der Waals surface area contributed by atoms with Gasteiger partial charge in [-0.1, -0.05) is 32.4 Å². The van der Waals surface area contributed by atoms with Crippen molar-refractivity contribution >= 4 is 39.1 Å². The third kappa shape index (κ3) is 3.41. The van der Waals surface area contributed by atoms with E-state index in [0.717, 1.165) is 33.5 Å². The molecule has 0 fully saturated rings. The maximum Gasteiger partial charge on any atom is 0.319 e. The van der Waals surface area contributed by atoms with Gasteiger partial charge < -0.3 is 11.5 Å². The lowest BCUT2D eigenvalue weighted by atomic mass is 10.0. The predicted octanol–water partition coefficient (Wildman–Crippen LogP) is 3.87. The van der Waals surface area contributed by atoms with Gasteiger partial charge in [0.1, 0.15) is 17.0 Å². The monoisotopic (exact) mass is 355 g/mol. The van der Waals surface area contributed by atoms with E-state index in [9.17, 15) is 4.79 Å². The molecule has 1 unspecified atom stereocenters. The van der Waals surface area contributed by atoms with Gasteiger partial charge in [0.15, 0.2) is 0 Å². The minimum atomic E-state index is -0.438. The Labute approximate surface area is 150 Å². The Bertz CT molecular complexity index is 890. The van der Waals surface area contributed by atoms with E-state index in [1.807, 2.05) is 29.6 Å². The summed E-state index contributed by atoms with van der Waals surface area (Å²) in [6.45, 7) is 4.80. The van der Waals surface area contributed by atoms with Gasteiger partial charge in [-0.25, -0.2) is 14.8 Å². The number of hydrogen-bond donors (Lipinski definition) is 2. The summed E-state index contributed by atoms with van der Waals surface area (Å²) < 4.78 is 0. The van der Waals surface area contributed by atoms with E-state index in [1.54, 1.807) is 4.90 Å². The number of nitrogen functional groups attached to an aromatic ring is 1. The molecule has 3 aromatic rings. The zero-order chi connectivity index (χ0) is 18.0. The number of urea groups is 1. The van der Waals surface area contributed by atoms with Crippen molar-refractivity contribution in [2.45, 2.75) is 20.3 Å². The highest BCUT2D eigenvalue weighted by Gasteiger charge is 2.16. The summed E-state index contributed by atoms with van der Waals surface area (Å²) in [5, 5.41) is 2.89. The van der Waals surface area contributed by atoms with Gasteiger partial charge in [-0.15, -0.1) is 11.3 Å². The fraction of sp³-hybridized carbons (Fsp3) is 0.278. The van der Waals surface area contributed by atoms with Crippen molar-refractivity contribution in [2.24, 2.45) is 11.7 Å². The van der Waals surface area contributed by atoms with Crippen LogP contribution in [0.15, 0.2) is 36.0 Å². The van der Waals surface area contributed by atoms with Gasteiger partial charge in [0.05, 0.1) is 5.39 Å². The zero-order valence-electron chi connectivity index (χ0n) is 14.3. The summed E-state index contributed by atoms with van der Waals surface area (Å²) in [4.78, 5) is 22.6. The van der Waals surface area contributed by atoms with Crippen LogP contribution in [0, 0.1) is 5.92 Å². The summed E-state index contributed by atoms with van der Waals surface area (Å²) >= 11 is 1.53. The summed E-state index contributed by atoms with van der Waals surface area (Å²) in [5.41, 5.74) is 14.4. The Morgan fingerprint density at radius 3 is 2.64 bits per heavy atom. The van der Waals surface area contributed by atoms with Gasteiger partial charge in [0.2, 0.25) is 0 Å². The second kappa shape index (κ2) is 7.06. The van der Waals surface area contributed by atoms with Crippen LogP contribution in [0.2, 0.25) is 0 Å². The molecule has 130 valence electrons. The van der Waals surface area contributed by atoms with E-state index >= 15 is 0 Å². The molecule has 2 amide bonds. The molecule has 0 radical (unpaired) electrons. The number of fused-ring (bicyclic) bond motifs is 1. The first-order valence-electron chi connectivity index (χ1n) is 8.16. The van der Waals surface area contributed by atoms with Crippen LogP contribution in [0.25, 0.3) is 21.3 Å². The number of primary amides is 1. The third-order valence-corrected chi connectivity index (χ3v) is 5.23. The summed E-state index contributed by atoms with van der Waals surface area (Å²) in [6, 6.07) is 7.32. The van der Waals surface area contributed by atoms with Gasteiger partial charge in [-0.3, -0.25) is 4.90 Å². The van der Waals surface area contributed by atoms with Crippen LogP contribution in [0.1, 0.15) is 20.3 Å². The molecule has 1 aromatic carbocycles. The summed E-state index contributed by atoms with van der Waals surface area (Å²) in [5.74, 6) is 0.853. The molecule has 1 atom stereocenters. The topological polar surface area (TPSA) is 98.1 Å². The van der Waals surface area contributed by atoms with Crippen LogP contribution >= 0.6 is 11.3 Å². The SMILES string of the molecule is CCC(C)CN(C(N)=O)c1ccc(-c2csc3ncnc(N)c23)cc1. The molecule has 7 heteroatoms. The Balaban J connectivity index is 1.94. The molecule has 2 heterocycles. The fourth-order valence-corrected chi connectivity index (χ4v) is 3.62. The van der Waals surface area contributed by atoms with Crippen LogP contribution in [0.3, 0.4) is 0 Å². The van der Waals surface area contributed by atoms with Gasteiger partial charge in [0.25, 0.3) is 0 Å². The number of benzene rings is 1. The number of nitrogens with zero attached hydrogens (tertiary/aromatic N) is 3. The molecular formula is C18H21N5OS. The normalized spacial score (nSPS) is 12.2. The fourth-order valence-electron chi connectivity index (χ4n) is 2.70. The lowest BCUT2D eigenvalue weighted by Crippen LogP contribution is -2.38. The quantitative estimate of drug-likeness (QED) is 0.726. The summed E-state index contributed by atoms with van der Waals surface area (Å²) in [7, 11) is 0. The minimum Gasteiger partial charge on any atom is -0.383 e. The van der Waals surface area contributed by atoms with Crippen molar-refractivity contribution in [3.63, 3.8) is 0 Å². The first-order valence-corrected chi connectivity index (χ1v) is 9.04. The van der Waals surface area contributed by atoms with E-state index in [4.69, 9.17) is 11.5 Å². The molecule has 0 aliphatic heterocycles. The second-order valence-corrected chi connectivity index (χ2v) is 6.96. The summed E-state index contributed by atoms with van der Waals surface area (Å²) in [6.07, 6.45) is 2.46. The number of amides is 2. The van der Waals surface area contributed by atoms with Crippen molar-refractivity contribution in [3.05, 3.63) is 36.0 Å². The molecule has 0 saturated heterocycles. The van der Waals surface area contributed by atoms with Crippen molar-refractivity contribution in [1.29, 1.82) is 0 Å². The van der Waals surface area contributed by atoms with Crippen molar-refractivity contribution in [1.82, 2.24) is 9.97 Å². The van der Waals surface area contributed by atoms with E-state index in [1.165, 1.54) is 17.7 Å². The number of hydrogen-bond acceptors (Lipinski definition) is 5. The van der Waals surface area contributed by atoms with Gasteiger partial charge >= 0.3 is 6.03 Å². The second-order valence-electron chi connectivity index (χ2n) is 6.10. The van der Waals surface area contributed by atoms with Crippen molar-refractivity contribution in [2.75, 3.05) is 17.2 Å². The van der Waals surface area contributed by atoms with E-state index in [2.05, 4.69) is 23.8 Å². The molecule has 0 spiro atoms. The smallest absolute Gasteiger partial charge is 0.319 e. The van der Waals surface area contributed by atoms with E-state index in [-0.39, 0.29) is 0 Å². The molecular weight excluding hydrogens is 334 g/mol. The molecule has 3 rings (SSSR count). The Morgan fingerprint density at radius 2 is 2.00 bits per heavy atom. The average molecular weight is 355 g/mol. The largest absolute Gasteiger partial charge is 0.383 e. The number of carbonyl (C=O) groups excluding carboxylic acids is 1. The Kier molecular flexibility index (Phi) is 4.85. The first-order chi connectivity index (χ1) is 12.0. The standard InChI is InChI=1S/C18H21N5OS/c1-3-11(2)8-23(18(20)24)13-6-4-12(5-7-13)14-9-25-17-15(14)16(19)21-10-22-17/h4-7,9-11H,3,8H2,1-2H3,(H2,20,24)(H2,19,21,22). The number of rotatable bonds is 5. The third-order valence-electron chi connectivity index (χ3n) is 4.35. The van der Waals surface area contributed by atoms with Crippen LogP contribution in [-0.2, 0) is 0 Å². The molecule has 6 nitrogen and oxygen atoms in total. The molecule has 0 aliphatic rings. The lowest BCUT2D eigenvalue weighted by molar-refractivity contribution is 0.253. The van der Waals surface area contributed by atoms with Crippen LogP contribution in [-0.4, -0.2) is 22.5 Å². The van der Waals surface area contributed by atoms with E-state index in [0.29, 0.717) is 18.3 Å². The van der Waals surface area contributed by atoms with Crippen LogP contribution in [0.5, 0.6) is 0 Å². The highest BCUT2D eigenvalue weighted by Crippen LogP contribution is 2.36. The lowest BCUT2D eigenvalue weighted by Gasteiger charge is -2.23. The number of thiophene rings is 1. The van der Waals surface area contributed by atoms with Gasteiger partial charge in [0, 0.05) is 23.2 Å². The molecule has 0 saturated carbocycles. The number of nitrogens with two attached hydrogens (primary N) is 2. The van der Waals surface area contributed by atoms with Crippen LogP contribution in [0.4, 0.5) is 16.3 Å². The molecule has 4 N–H and O–H groups in total. The number of aromatic nitrogens is 2.